The fourth-order valence-corrected chi connectivity index (χ4v) is 2.61. The molecule has 2 unspecified atom stereocenters. The number of nitrogens with zero attached hydrogens (tertiary/aromatic N) is 2. The van der Waals surface area contributed by atoms with Crippen LogP contribution in [0.2, 0.25) is 0 Å². The van der Waals surface area contributed by atoms with Crippen molar-refractivity contribution in [1.82, 2.24) is 9.88 Å². The van der Waals surface area contributed by atoms with Gasteiger partial charge in [0.1, 0.15) is 0 Å². The van der Waals surface area contributed by atoms with E-state index >= 15 is 0 Å². The van der Waals surface area contributed by atoms with Crippen molar-refractivity contribution in [2.45, 2.75) is 24.7 Å². The average Bonchev–Trinajstić information content (AvgIpc) is 2.34. The van der Waals surface area contributed by atoms with E-state index in [4.69, 9.17) is 4.74 Å². The lowest BCUT2D eigenvalue weighted by Gasteiger charge is -2.34. The van der Waals surface area contributed by atoms with E-state index in [0.717, 1.165) is 25.3 Å². The van der Waals surface area contributed by atoms with Crippen molar-refractivity contribution in [3.05, 3.63) is 23.9 Å². The van der Waals surface area contributed by atoms with Crippen molar-refractivity contribution < 1.29 is 4.74 Å². The molecule has 1 saturated heterocycles. The van der Waals surface area contributed by atoms with Gasteiger partial charge in [-0.05, 0) is 24.9 Å². The fraction of sp³-hybridized carbons (Fsp3) is 0.615. The smallest absolute Gasteiger partial charge is 0.213 e. The second-order valence-electron chi connectivity index (χ2n) is 4.69. The molecule has 0 N–H and O–H groups in total. The second-order valence-corrected chi connectivity index (χ2v) is 5.86. The number of pyridine rings is 1. The minimum atomic E-state index is 0.664. The largest absolute Gasteiger partial charge is 0.481 e. The van der Waals surface area contributed by atoms with Crippen LogP contribution in [0.3, 0.4) is 0 Å². The molecule has 0 spiro atoms. The molecular formula is C13H19BrN2O. The lowest BCUT2D eigenvalue weighted by Crippen LogP contribution is -2.39. The van der Waals surface area contributed by atoms with Crippen LogP contribution in [0.25, 0.3) is 0 Å². The Bertz CT molecular complexity index is 372. The number of methoxy groups -OCH3 is 1. The maximum absolute atomic E-state index is 5.15. The number of likely N-dealkylation sites (tertiary alicyclic amines) is 1. The minimum absolute atomic E-state index is 0.664. The molecule has 94 valence electrons. The van der Waals surface area contributed by atoms with Crippen LogP contribution in [0.15, 0.2) is 18.2 Å². The van der Waals surface area contributed by atoms with Gasteiger partial charge in [-0.3, -0.25) is 4.90 Å². The van der Waals surface area contributed by atoms with Gasteiger partial charge in [0.05, 0.1) is 12.8 Å². The normalized spacial score (nSPS) is 25.8. The van der Waals surface area contributed by atoms with Crippen molar-refractivity contribution in [2.24, 2.45) is 5.92 Å². The minimum Gasteiger partial charge on any atom is -0.481 e. The van der Waals surface area contributed by atoms with Crippen LogP contribution in [0.1, 0.15) is 19.0 Å². The van der Waals surface area contributed by atoms with Gasteiger partial charge in [-0.25, -0.2) is 4.98 Å². The topological polar surface area (TPSA) is 25.4 Å². The Kier molecular flexibility index (Phi) is 4.40. The summed E-state index contributed by atoms with van der Waals surface area (Å²) in [6.07, 6.45) is 1.21. The van der Waals surface area contributed by atoms with Gasteiger partial charge in [0.25, 0.3) is 0 Å². The zero-order valence-corrected chi connectivity index (χ0v) is 12.0. The van der Waals surface area contributed by atoms with E-state index in [0.29, 0.717) is 16.6 Å². The first-order valence-electron chi connectivity index (χ1n) is 6.05. The summed E-state index contributed by atoms with van der Waals surface area (Å²) in [5, 5.41) is 0. The van der Waals surface area contributed by atoms with Crippen LogP contribution in [-0.2, 0) is 6.54 Å². The standard InChI is InChI=1S/C13H19BrN2O/c1-10-8-16(7-6-12(10)14)9-11-4-3-5-13(15-11)17-2/h3-5,10,12H,6-9H2,1-2H3. The van der Waals surface area contributed by atoms with Gasteiger partial charge in [-0.1, -0.05) is 28.9 Å². The number of alkyl halides is 1. The summed E-state index contributed by atoms with van der Waals surface area (Å²) in [6.45, 7) is 5.49. The number of rotatable bonds is 3. The Morgan fingerprint density at radius 3 is 3.06 bits per heavy atom. The van der Waals surface area contributed by atoms with Crippen molar-refractivity contribution >= 4 is 15.9 Å². The van der Waals surface area contributed by atoms with Crippen LogP contribution in [-0.4, -0.2) is 34.9 Å². The Hall–Kier alpha value is -0.610. The third kappa shape index (κ3) is 3.42. The molecule has 0 saturated carbocycles. The number of aromatic nitrogens is 1. The van der Waals surface area contributed by atoms with E-state index in [2.05, 4.69) is 38.8 Å². The second kappa shape index (κ2) is 5.83. The monoisotopic (exact) mass is 298 g/mol. The highest BCUT2D eigenvalue weighted by Crippen LogP contribution is 2.24. The zero-order chi connectivity index (χ0) is 12.3. The average molecular weight is 299 g/mol. The van der Waals surface area contributed by atoms with E-state index in [-0.39, 0.29) is 0 Å². The van der Waals surface area contributed by atoms with Gasteiger partial charge in [-0.2, -0.15) is 0 Å². The molecule has 0 amide bonds. The van der Waals surface area contributed by atoms with E-state index in [1.165, 1.54) is 6.42 Å². The molecule has 4 heteroatoms. The fourth-order valence-electron chi connectivity index (χ4n) is 2.24. The molecule has 1 aliphatic rings. The number of hydrogen-bond acceptors (Lipinski definition) is 3. The molecule has 0 radical (unpaired) electrons. The Balaban J connectivity index is 1.96. The predicted molar refractivity (Wildman–Crippen MR) is 72.6 cm³/mol. The highest BCUT2D eigenvalue weighted by atomic mass is 79.9. The number of hydrogen-bond donors (Lipinski definition) is 0. The highest BCUT2D eigenvalue weighted by molar-refractivity contribution is 9.09. The van der Waals surface area contributed by atoms with Gasteiger partial charge in [0.2, 0.25) is 5.88 Å². The maximum Gasteiger partial charge on any atom is 0.213 e. The lowest BCUT2D eigenvalue weighted by atomic mass is 10.00. The maximum atomic E-state index is 5.15. The van der Waals surface area contributed by atoms with Crippen molar-refractivity contribution in [3.63, 3.8) is 0 Å². The molecular weight excluding hydrogens is 280 g/mol. The summed E-state index contributed by atoms with van der Waals surface area (Å²) in [4.78, 5) is 7.58. The molecule has 0 bridgehead atoms. The highest BCUT2D eigenvalue weighted by Gasteiger charge is 2.23. The Labute approximate surface area is 111 Å². The Morgan fingerprint density at radius 1 is 1.53 bits per heavy atom. The van der Waals surface area contributed by atoms with Gasteiger partial charge >= 0.3 is 0 Å². The van der Waals surface area contributed by atoms with E-state index in [9.17, 15) is 0 Å². The molecule has 1 aromatic heterocycles. The quantitative estimate of drug-likeness (QED) is 0.802. The molecule has 0 aromatic carbocycles. The van der Waals surface area contributed by atoms with Gasteiger partial charge in [0.15, 0.2) is 0 Å². The van der Waals surface area contributed by atoms with Crippen LogP contribution in [0.5, 0.6) is 5.88 Å². The summed E-state index contributed by atoms with van der Waals surface area (Å²) in [5.74, 6) is 1.40. The third-order valence-electron chi connectivity index (χ3n) is 3.26. The van der Waals surface area contributed by atoms with E-state index in [1.54, 1.807) is 7.11 Å². The summed E-state index contributed by atoms with van der Waals surface area (Å²) >= 11 is 3.73. The first kappa shape index (κ1) is 12.8. The predicted octanol–water partition coefficient (Wildman–Crippen LogP) is 2.70. The number of halogens is 1. The molecule has 1 aromatic rings. The van der Waals surface area contributed by atoms with Gasteiger partial charge < -0.3 is 4.74 Å². The van der Waals surface area contributed by atoms with E-state index < -0.39 is 0 Å². The molecule has 1 aliphatic heterocycles. The molecule has 2 heterocycles. The van der Waals surface area contributed by atoms with Crippen molar-refractivity contribution in [3.8, 4) is 5.88 Å². The van der Waals surface area contributed by atoms with E-state index in [1.807, 2.05) is 12.1 Å². The summed E-state index contributed by atoms with van der Waals surface area (Å²) < 4.78 is 5.15. The summed E-state index contributed by atoms with van der Waals surface area (Å²) in [6, 6.07) is 5.95. The SMILES string of the molecule is COc1cccc(CN2CCC(Br)C(C)C2)n1. The lowest BCUT2D eigenvalue weighted by molar-refractivity contribution is 0.181. The summed E-state index contributed by atoms with van der Waals surface area (Å²) in [5.41, 5.74) is 1.09. The summed E-state index contributed by atoms with van der Waals surface area (Å²) in [7, 11) is 1.66. The van der Waals surface area contributed by atoms with Crippen LogP contribution >= 0.6 is 15.9 Å². The molecule has 17 heavy (non-hydrogen) atoms. The molecule has 2 rings (SSSR count). The Morgan fingerprint density at radius 2 is 2.35 bits per heavy atom. The van der Waals surface area contributed by atoms with Crippen LogP contribution in [0, 0.1) is 5.92 Å². The third-order valence-corrected chi connectivity index (χ3v) is 4.62. The first-order valence-corrected chi connectivity index (χ1v) is 6.97. The molecule has 0 aliphatic carbocycles. The first-order chi connectivity index (χ1) is 8.19. The molecule has 1 fully saturated rings. The molecule has 3 nitrogen and oxygen atoms in total. The number of ether oxygens (including phenoxy) is 1. The van der Waals surface area contributed by atoms with Gasteiger partial charge in [-0.15, -0.1) is 0 Å². The van der Waals surface area contributed by atoms with Crippen molar-refractivity contribution in [1.29, 1.82) is 0 Å². The molecule has 2 atom stereocenters. The van der Waals surface area contributed by atoms with Crippen molar-refractivity contribution in [2.75, 3.05) is 20.2 Å². The number of piperidine rings is 1. The zero-order valence-electron chi connectivity index (χ0n) is 10.4. The van der Waals surface area contributed by atoms with Gasteiger partial charge in [0, 0.05) is 24.0 Å². The van der Waals surface area contributed by atoms with Crippen LogP contribution in [0.4, 0.5) is 0 Å². The van der Waals surface area contributed by atoms with Crippen LogP contribution < -0.4 is 4.74 Å².